The average molecular weight is 262 g/mol. The number of halogens is 1. The van der Waals surface area contributed by atoms with Gasteiger partial charge in [0, 0.05) is 18.3 Å². The van der Waals surface area contributed by atoms with Crippen LogP contribution < -0.4 is 15.4 Å². The summed E-state index contributed by atoms with van der Waals surface area (Å²) in [7, 11) is 1.51. The van der Waals surface area contributed by atoms with E-state index in [0.717, 1.165) is 5.69 Å². The van der Waals surface area contributed by atoms with Crippen LogP contribution in [0, 0.1) is 5.82 Å². The maximum atomic E-state index is 13.0. The molecule has 0 atom stereocenters. The number of ether oxygens (including phenoxy) is 1. The number of rotatable bonds is 4. The van der Waals surface area contributed by atoms with Crippen LogP contribution in [-0.4, -0.2) is 23.6 Å². The number of benzene rings is 1. The van der Waals surface area contributed by atoms with Crippen molar-refractivity contribution in [2.45, 2.75) is 6.92 Å². The molecular formula is C13H15FN4O. The van der Waals surface area contributed by atoms with Gasteiger partial charge in [-0.15, -0.1) is 0 Å². The summed E-state index contributed by atoms with van der Waals surface area (Å²) in [5, 5.41) is 0. The molecule has 0 radical (unpaired) electrons. The summed E-state index contributed by atoms with van der Waals surface area (Å²) >= 11 is 0. The average Bonchev–Trinajstić information content (AvgIpc) is 2.41. The number of methoxy groups -OCH3 is 1. The lowest BCUT2D eigenvalue weighted by molar-refractivity contribution is 0.398. The Morgan fingerprint density at radius 3 is 2.53 bits per heavy atom. The van der Waals surface area contributed by atoms with Crippen LogP contribution in [0.4, 0.5) is 21.8 Å². The maximum absolute atomic E-state index is 13.0. The van der Waals surface area contributed by atoms with Crippen LogP contribution >= 0.6 is 0 Å². The van der Waals surface area contributed by atoms with Crippen LogP contribution in [0.15, 0.2) is 30.3 Å². The van der Waals surface area contributed by atoms with Crippen LogP contribution in [0.5, 0.6) is 5.88 Å². The van der Waals surface area contributed by atoms with Crippen molar-refractivity contribution in [1.29, 1.82) is 0 Å². The highest BCUT2D eigenvalue weighted by Gasteiger charge is 2.11. The molecule has 0 saturated heterocycles. The van der Waals surface area contributed by atoms with Crippen molar-refractivity contribution < 1.29 is 9.13 Å². The Hall–Kier alpha value is -2.37. The Labute approximate surface area is 110 Å². The molecule has 100 valence electrons. The van der Waals surface area contributed by atoms with E-state index in [9.17, 15) is 4.39 Å². The minimum Gasteiger partial charge on any atom is -0.481 e. The van der Waals surface area contributed by atoms with Gasteiger partial charge in [0.05, 0.1) is 7.11 Å². The largest absolute Gasteiger partial charge is 0.481 e. The smallest absolute Gasteiger partial charge is 0.225 e. The predicted octanol–water partition coefficient (Wildman–Crippen LogP) is 2.36. The van der Waals surface area contributed by atoms with E-state index in [-0.39, 0.29) is 11.8 Å². The third kappa shape index (κ3) is 2.90. The van der Waals surface area contributed by atoms with E-state index < -0.39 is 0 Å². The number of nitrogens with zero attached hydrogens (tertiary/aromatic N) is 3. The molecule has 6 heteroatoms. The summed E-state index contributed by atoms with van der Waals surface area (Å²) in [5.74, 6) is 0.857. The van der Waals surface area contributed by atoms with Crippen molar-refractivity contribution in [2.75, 3.05) is 24.3 Å². The first-order valence-electron chi connectivity index (χ1n) is 5.85. The normalized spacial score (nSPS) is 10.3. The third-order valence-electron chi connectivity index (χ3n) is 2.65. The third-order valence-corrected chi connectivity index (χ3v) is 2.65. The number of hydrogen-bond acceptors (Lipinski definition) is 5. The first-order chi connectivity index (χ1) is 9.13. The van der Waals surface area contributed by atoms with Gasteiger partial charge in [-0.05, 0) is 31.2 Å². The molecule has 2 N–H and O–H groups in total. The van der Waals surface area contributed by atoms with Gasteiger partial charge in [0.25, 0.3) is 0 Å². The number of nitrogens with two attached hydrogens (primary N) is 1. The minimum absolute atomic E-state index is 0.134. The lowest BCUT2D eigenvalue weighted by atomic mass is 10.2. The second-order valence-corrected chi connectivity index (χ2v) is 3.85. The summed E-state index contributed by atoms with van der Waals surface area (Å²) < 4.78 is 18.0. The molecule has 5 nitrogen and oxygen atoms in total. The SMILES string of the molecule is CCN(c1ccc(F)cc1)c1cc(OC)nc(N)n1. The highest BCUT2D eigenvalue weighted by atomic mass is 19.1. The summed E-state index contributed by atoms with van der Waals surface area (Å²) in [5.41, 5.74) is 6.46. The van der Waals surface area contributed by atoms with Gasteiger partial charge >= 0.3 is 0 Å². The quantitative estimate of drug-likeness (QED) is 0.916. The summed E-state index contributed by atoms with van der Waals surface area (Å²) in [6, 6.07) is 7.86. The fourth-order valence-electron chi connectivity index (χ4n) is 1.77. The zero-order valence-corrected chi connectivity index (χ0v) is 10.8. The molecule has 2 aromatic rings. The van der Waals surface area contributed by atoms with Gasteiger partial charge in [-0.3, -0.25) is 0 Å². The van der Waals surface area contributed by atoms with E-state index in [2.05, 4.69) is 9.97 Å². The Morgan fingerprint density at radius 2 is 1.95 bits per heavy atom. The molecule has 0 spiro atoms. The van der Waals surface area contributed by atoms with Crippen LogP contribution in [0.25, 0.3) is 0 Å². The van der Waals surface area contributed by atoms with E-state index in [1.165, 1.54) is 19.2 Å². The van der Waals surface area contributed by atoms with E-state index in [1.54, 1.807) is 18.2 Å². The summed E-state index contributed by atoms with van der Waals surface area (Å²) in [6.45, 7) is 2.62. The van der Waals surface area contributed by atoms with Crippen LogP contribution in [0.1, 0.15) is 6.92 Å². The van der Waals surface area contributed by atoms with Gasteiger partial charge in [0.2, 0.25) is 11.8 Å². The lowest BCUT2D eigenvalue weighted by Crippen LogP contribution is -2.18. The Bertz CT molecular complexity index is 559. The van der Waals surface area contributed by atoms with Crippen LogP contribution in [0.2, 0.25) is 0 Å². The van der Waals surface area contributed by atoms with Crippen molar-refractivity contribution in [3.8, 4) is 5.88 Å². The molecule has 0 saturated carbocycles. The molecule has 0 bridgehead atoms. The molecular weight excluding hydrogens is 247 g/mol. The number of aromatic nitrogens is 2. The van der Waals surface area contributed by atoms with Gasteiger partial charge in [0.1, 0.15) is 11.6 Å². The molecule has 2 rings (SSSR count). The minimum atomic E-state index is -0.278. The van der Waals surface area contributed by atoms with Crippen molar-refractivity contribution in [1.82, 2.24) is 9.97 Å². The highest BCUT2D eigenvalue weighted by molar-refractivity contribution is 5.61. The molecule has 0 aliphatic carbocycles. The lowest BCUT2D eigenvalue weighted by Gasteiger charge is -2.22. The monoisotopic (exact) mass is 262 g/mol. The molecule has 19 heavy (non-hydrogen) atoms. The Balaban J connectivity index is 2.41. The topological polar surface area (TPSA) is 64.3 Å². The van der Waals surface area contributed by atoms with Gasteiger partial charge in [-0.25, -0.2) is 4.39 Å². The standard InChI is InChI=1S/C13H15FN4O/c1-3-18(10-6-4-9(14)5-7-10)11-8-12(19-2)17-13(15)16-11/h4-8H,3H2,1-2H3,(H2,15,16,17). The fraction of sp³-hybridized carbons (Fsp3) is 0.231. The summed E-state index contributed by atoms with van der Waals surface area (Å²) in [4.78, 5) is 9.99. The second kappa shape index (κ2) is 5.51. The van der Waals surface area contributed by atoms with E-state index in [4.69, 9.17) is 10.5 Å². The Morgan fingerprint density at radius 1 is 1.26 bits per heavy atom. The van der Waals surface area contributed by atoms with Gasteiger partial charge in [-0.1, -0.05) is 0 Å². The van der Waals surface area contributed by atoms with Crippen LogP contribution in [0.3, 0.4) is 0 Å². The Kier molecular flexibility index (Phi) is 3.79. The fourth-order valence-corrected chi connectivity index (χ4v) is 1.77. The van der Waals surface area contributed by atoms with E-state index in [1.807, 2.05) is 11.8 Å². The maximum Gasteiger partial charge on any atom is 0.225 e. The van der Waals surface area contributed by atoms with E-state index >= 15 is 0 Å². The molecule has 1 aromatic heterocycles. The molecule has 0 aliphatic rings. The molecule has 1 heterocycles. The van der Waals surface area contributed by atoms with Gasteiger partial charge in [0.15, 0.2) is 0 Å². The first kappa shape index (κ1) is 13.1. The summed E-state index contributed by atoms with van der Waals surface area (Å²) in [6.07, 6.45) is 0. The highest BCUT2D eigenvalue weighted by Crippen LogP contribution is 2.26. The molecule has 0 aliphatic heterocycles. The number of anilines is 3. The van der Waals surface area contributed by atoms with Gasteiger partial charge < -0.3 is 15.4 Å². The molecule has 1 aromatic carbocycles. The zero-order chi connectivity index (χ0) is 13.8. The molecule has 0 unspecified atom stereocenters. The van der Waals surface area contributed by atoms with Crippen LogP contribution in [-0.2, 0) is 0 Å². The number of nitrogen functional groups attached to an aromatic ring is 1. The van der Waals surface area contributed by atoms with Crippen molar-refractivity contribution in [3.05, 3.63) is 36.1 Å². The van der Waals surface area contributed by atoms with Gasteiger partial charge in [-0.2, -0.15) is 9.97 Å². The zero-order valence-electron chi connectivity index (χ0n) is 10.8. The second-order valence-electron chi connectivity index (χ2n) is 3.85. The number of hydrogen-bond donors (Lipinski definition) is 1. The van der Waals surface area contributed by atoms with Crippen molar-refractivity contribution >= 4 is 17.5 Å². The van der Waals surface area contributed by atoms with Crippen molar-refractivity contribution in [3.63, 3.8) is 0 Å². The molecule has 0 fully saturated rings. The predicted molar refractivity (Wildman–Crippen MR) is 72.1 cm³/mol. The van der Waals surface area contributed by atoms with Crippen molar-refractivity contribution in [2.24, 2.45) is 0 Å². The van der Waals surface area contributed by atoms with E-state index in [0.29, 0.717) is 18.2 Å². The molecule has 0 amide bonds. The first-order valence-corrected chi connectivity index (χ1v) is 5.85.